The number of nitrogens with zero attached hydrogens (tertiary/aromatic N) is 1. The number of nitrogens with one attached hydrogen (secondary N) is 1. The highest BCUT2D eigenvalue weighted by Gasteiger charge is 2.26. The van der Waals surface area contributed by atoms with Gasteiger partial charge in [0.2, 0.25) is 0 Å². The average molecular weight is 341 g/mol. The molecule has 1 heterocycles. The number of rotatable bonds is 7. The van der Waals surface area contributed by atoms with Crippen molar-refractivity contribution in [1.82, 2.24) is 5.32 Å². The predicted molar refractivity (Wildman–Crippen MR) is 92.2 cm³/mol. The van der Waals surface area contributed by atoms with Gasteiger partial charge in [-0.2, -0.15) is 0 Å². The lowest BCUT2D eigenvalue weighted by Crippen LogP contribution is -2.37. The molecule has 6 heteroatoms. The molecule has 0 unspecified atom stereocenters. The zero-order valence-electron chi connectivity index (χ0n) is 13.8. The summed E-state index contributed by atoms with van der Waals surface area (Å²) in [4.78, 5) is 13.4. The first-order valence-electron chi connectivity index (χ1n) is 7.96. The smallest absolute Gasteiger partial charge is 0.309 e. The molecule has 0 spiro atoms. The van der Waals surface area contributed by atoms with Gasteiger partial charge >= 0.3 is 5.97 Å². The van der Waals surface area contributed by atoms with E-state index in [4.69, 9.17) is 21.4 Å². The first-order chi connectivity index (χ1) is 10.9. The summed E-state index contributed by atoms with van der Waals surface area (Å²) in [5.41, 5.74) is 1.47. The van der Waals surface area contributed by atoms with Crippen LogP contribution in [0.15, 0.2) is 18.2 Å². The maximum Gasteiger partial charge on any atom is 0.309 e. The summed E-state index contributed by atoms with van der Waals surface area (Å²) in [5.74, 6) is -0.772. The van der Waals surface area contributed by atoms with Crippen LogP contribution < -0.4 is 10.2 Å². The van der Waals surface area contributed by atoms with Crippen molar-refractivity contribution < 1.29 is 14.6 Å². The first kappa shape index (κ1) is 18.0. The predicted octanol–water partition coefficient (Wildman–Crippen LogP) is 2.77. The summed E-state index contributed by atoms with van der Waals surface area (Å²) in [6.07, 6.45) is 0.569. The molecule has 2 N–H and O–H groups in total. The number of carbonyl (C=O) groups is 1. The van der Waals surface area contributed by atoms with Gasteiger partial charge in [-0.1, -0.05) is 17.7 Å². The fourth-order valence-corrected chi connectivity index (χ4v) is 2.78. The van der Waals surface area contributed by atoms with Crippen LogP contribution in [0, 0.1) is 5.41 Å². The van der Waals surface area contributed by atoms with Gasteiger partial charge in [-0.3, -0.25) is 4.79 Å². The zero-order valence-corrected chi connectivity index (χ0v) is 14.5. The molecule has 0 bridgehead atoms. The molecule has 0 atom stereocenters. The zero-order chi connectivity index (χ0) is 16.9. The van der Waals surface area contributed by atoms with Crippen LogP contribution in [0.25, 0.3) is 0 Å². The monoisotopic (exact) mass is 340 g/mol. The van der Waals surface area contributed by atoms with E-state index in [9.17, 15) is 4.79 Å². The Hall–Kier alpha value is -1.30. The number of morpholine rings is 1. The molecule has 1 aromatic rings. The molecule has 0 radical (unpaired) electrons. The molecule has 0 saturated carbocycles. The van der Waals surface area contributed by atoms with Gasteiger partial charge in [-0.05, 0) is 38.9 Å². The molecule has 0 aliphatic carbocycles. The van der Waals surface area contributed by atoms with E-state index < -0.39 is 11.4 Å². The Kier molecular flexibility index (Phi) is 6.27. The number of halogens is 1. The lowest BCUT2D eigenvalue weighted by molar-refractivity contribution is -0.147. The van der Waals surface area contributed by atoms with Crippen LogP contribution in [-0.4, -0.2) is 43.9 Å². The van der Waals surface area contributed by atoms with Crippen LogP contribution in [0.5, 0.6) is 0 Å². The van der Waals surface area contributed by atoms with Gasteiger partial charge in [0.1, 0.15) is 0 Å². The molecule has 0 aromatic heterocycles. The third-order valence-electron chi connectivity index (χ3n) is 4.25. The lowest BCUT2D eigenvalue weighted by atomic mass is 9.90. The largest absolute Gasteiger partial charge is 0.481 e. The van der Waals surface area contributed by atoms with Crippen molar-refractivity contribution in [3.8, 4) is 0 Å². The Morgan fingerprint density at radius 1 is 1.39 bits per heavy atom. The highest BCUT2D eigenvalue weighted by Crippen LogP contribution is 2.28. The first-order valence-corrected chi connectivity index (χ1v) is 8.34. The van der Waals surface area contributed by atoms with Gasteiger partial charge in [0.05, 0.1) is 18.6 Å². The topological polar surface area (TPSA) is 61.8 Å². The number of carboxylic acid groups (broad SMARTS) is 1. The molecule has 1 aliphatic heterocycles. The van der Waals surface area contributed by atoms with E-state index in [1.54, 1.807) is 13.8 Å². The quantitative estimate of drug-likeness (QED) is 0.747. The number of anilines is 1. The number of hydrogen-bond acceptors (Lipinski definition) is 4. The maximum atomic E-state index is 11.1. The van der Waals surface area contributed by atoms with Gasteiger partial charge in [0, 0.05) is 35.9 Å². The second-order valence-electron chi connectivity index (χ2n) is 6.45. The second-order valence-corrected chi connectivity index (χ2v) is 6.86. The number of aliphatic carboxylic acids is 1. The minimum absolute atomic E-state index is 0.569. The van der Waals surface area contributed by atoms with Gasteiger partial charge < -0.3 is 20.1 Å². The summed E-state index contributed by atoms with van der Waals surface area (Å²) in [7, 11) is 0. The molecule has 1 aromatic carbocycles. The third-order valence-corrected chi connectivity index (χ3v) is 4.61. The van der Waals surface area contributed by atoms with E-state index in [-0.39, 0.29) is 0 Å². The fourth-order valence-electron chi connectivity index (χ4n) is 2.54. The average Bonchev–Trinajstić information content (AvgIpc) is 2.53. The molecular formula is C17H25ClN2O3. The van der Waals surface area contributed by atoms with E-state index in [1.807, 2.05) is 12.1 Å². The van der Waals surface area contributed by atoms with Crippen molar-refractivity contribution in [3.05, 3.63) is 28.8 Å². The lowest BCUT2D eigenvalue weighted by Gasteiger charge is -2.31. The summed E-state index contributed by atoms with van der Waals surface area (Å²) in [5, 5.41) is 13.2. The van der Waals surface area contributed by atoms with Crippen molar-refractivity contribution in [2.75, 3.05) is 37.7 Å². The van der Waals surface area contributed by atoms with Crippen LogP contribution in [-0.2, 0) is 16.1 Å². The Morgan fingerprint density at radius 3 is 2.74 bits per heavy atom. The van der Waals surface area contributed by atoms with Gasteiger partial charge in [0.25, 0.3) is 0 Å². The van der Waals surface area contributed by atoms with E-state index in [0.29, 0.717) is 19.5 Å². The van der Waals surface area contributed by atoms with Crippen molar-refractivity contribution in [3.63, 3.8) is 0 Å². The number of hydrogen-bond donors (Lipinski definition) is 2. The van der Waals surface area contributed by atoms with Crippen LogP contribution in [0.4, 0.5) is 5.69 Å². The molecular weight excluding hydrogens is 316 g/mol. The number of ether oxygens (including phenoxy) is 1. The minimum atomic E-state index is -0.772. The SMILES string of the molecule is CC(C)(CCNCc1c(Cl)cccc1N1CCOCC1)C(=O)O. The van der Waals surface area contributed by atoms with E-state index in [1.165, 1.54) is 0 Å². The molecule has 0 amide bonds. The van der Waals surface area contributed by atoms with E-state index >= 15 is 0 Å². The molecule has 1 saturated heterocycles. The van der Waals surface area contributed by atoms with Crippen molar-refractivity contribution in [1.29, 1.82) is 0 Å². The van der Waals surface area contributed by atoms with Gasteiger partial charge in [-0.15, -0.1) is 0 Å². The Morgan fingerprint density at radius 2 is 2.09 bits per heavy atom. The number of benzene rings is 1. The molecule has 128 valence electrons. The minimum Gasteiger partial charge on any atom is -0.481 e. The Labute approximate surface area is 142 Å². The third kappa shape index (κ3) is 4.83. The summed E-state index contributed by atoms with van der Waals surface area (Å²) in [6.45, 7) is 7.92. The van der Waals surface area contributed by atoms with Crippen molar-refractivity contribution >= 4 is 23.3 Å². The summed E-state index contributed by atoms with van der Waals surface area (Å²) < 4.78 is 5.40. The highest BCUT2D eigenvalue weighted by atomic mass is 35.5. The van der Waals surface area contributed by atoms with E-state index in [0.717, 1.165) is 42.6 Å². The van der Waals surface area contributed by atoms with Crippen LogP contribution in [0.3, 0.4) is 0 Å². The normalized spacial score (nSPS) is 15.7. The Balaban J connectivity index is 1.98. The Bertz CT molecular complexity index is 543. The summed E-state index contributed by atoms with van der Waals surface area (Å²) in [6, 6.07) is 5.93. The molecule has 5 nitrogen and oxygen atoms in total. The molecule has 1 aliphatic rings. The standard InChI is InChI=1S/C17H25ClN2O3/c1-17(2,16(21)22)6-7-19-12-13-14(18)4-3-5-15(13)20-8-10-23-11-9-20/h3-5,19H,6-12H2,1-2H3,(H,21,22). The number of carboxylic acids is 1. The highest BCUT2D eigenvalue weighted by molar-refractivity contribution is 6.31. The molecule has 1 fully saturated rings. The van der Waals surface area contributed by atoms with Crippen LogP contribution in [0.1, 0.15) is 25.8 Å². The van der Waals surface area contributed by atoms with E-state index in [2.05, 4.69) is 16.3 Å². The molecule has 23 heavy (non-hydrogen) atoms. The summed E-state index contributed by atoms with van der Waals surface area (Å²) >= 11 is 6.38. The second kappa shape index (κ2) is 7.99. The van der Waals surface area contributed by atoms with Crippen molar-refractivity contribution in [2.45, 2.75) is 26.8 Å². The molecule has 2 rings (SSSR count). The maximum absolute atomic E-state index is 11.1. The van der Waals surface area contributed by atoms with Gasteiger partial charge in [0.15, 0.2) is 0 Å². The van der Waals surface area contributed by atoms with Gasteiger partial charge in [-0.25, -0.2) is 0 Å². The van der Waals surface area contributed by atoms with Crippen LogP contribution >= 0.6 is 11.6 Å². The fraction of sp³-hybridized carbons (Fsp3) is 0.588. The van der Waals surface area contributed by atoms with Crippen LogP contribution in [0.2, 0.25) is 5.02 Å². The van der Waals surface area contributed by atoms with Crippen molar-refractivity contribution in [2.24, 2.45) is 5.41 Å².